The third-order valence-electron chi connectivity index (χ3n) is 4.21. The summed E-state index contributed by atoms with van der Waals surface area (Å²) in [5.74, 6) is -0.353. The van der Waals surface area contributed by atoms with Crippen molar-refractivity contribution in [3.05, 3.63) is 77.4 Å². The second-order valence-corrected chi connectivity index (χ2v) is 8.90. The van der Waals surface area contributed by atoms with Gasteiger partial charge in [-0.3, -0.25) is 4.28 Å². The summed E-state index contributed by atoms with van der Waals surface area (Å²) in [6.07, 6.45) is 3.54. The molecule has 5 nitrogen and oxygen atoms in total. The molecule has 1 aliphatic rings. The van der Waals surface area contributed by atoms with Gasteiger partial charge in [0.25, 0.3) is 0 Å². The van der Waals surface area contributed by atoms with Gasteiger partial charge in [0.1, 0.15) is 9.94 Å². The Labute approximate surface area is 163 Å². The van der Waals surface area contributed by atoms with E-state index < -0.39 is 10.1 Å². The zero-order chi connectivity index (χ0) is 19.4. The number of hydrogen-bond donors (Lipinski definition) is 0. The molecule has 0 aromatic heterocycles. The first-order chi connectivity index (χ1) is 12.9. The molecule has 0 amide bonds. The molecule has 2 aromatic carbocycles. The van der Waals surface area contributed by atoms with Gasteiger partial charge in [0.15, 0.2) is 0 Å². The molecule has 2 aromatic rings. The summed E-state index contributed by atoms with van der Waals surface area (Å²) in [7, 11) is -3.97. The minimum Gasteiger partial charge on any atom is -0.264 e. The summed E-state index contributed by atoms with van der Waals surface area (Å²) in [4.78, 5) is 0.0517. The van der Waals surface area contributed by atoms with E-state index in [1.807, 2.05) is 44.2 Å². The number of rotatable bonds is 5. The Morgan fingerprint density at radius 1 is 1.15 bits per heavy atom. The molecule has 3 rings (SSSR count). The smallest absolute Gasteiger partial charge is 0.264 e. The van der Waals surface area contributed by atoms with E-state index in [0.29, 0.717) is 5.04 Å². The molecular weight excluding hydrogens is 380 g/mol. The summed E-state index contributed by atoms with van der Waals surface area (Å²) in [6, 6.07) is 16.4. The SMILES string of the molecule is Cc1ccc(S(=O)(=O)O/N=C2\C=CC(C(C#N)c3ccccc3C)S2)cc1. The maximum absolute atomic E-state index is 12.2. The van der Waals surface area contributed by atoms with Gasteiger partial charge in [0.05, 0.1) is 12.0 Å². The molecular formula is C20H18N2O3S2. The van der Waals surface area contributed by atoms with E-state index in [4.69, 9.17) is 4.28 Å². The fraction of sp³-hybridized carbons (Fsp3) is 0.200. The van der Waals surface area contributed by atoms with Crippen molar-refractivity contribution in [3.8, 4) is 6.07 Å². The van der Waals surface area contributed by atoms with Gasteiger partial charge >= 0.3 is 10.1 Å². The molecule has 1 aliphatic heterocycles. The predicted octanol–water partition coefficient (Wildman–Crippen LogP) is 4.30. The number of nitriles is 1. The van der Waals surface area contributed by atoms with Crippen LogP contribution in [0.3, 0.4) is 0 Å². The van der Waals surface area contributed by atoms with Crippen LogP contribution in [-0.2, 0) is 14.4 Å². The maximum atomic E-state index is 12.2. The van der Waals surface area contributed by atoms with Gasteiger partial charge < -0.3 is 0 Å². The zero-order valence-electron chi connectivity index (χ0n) is 14.9. The third kappa shape index (κ3) is 4.41. The summed E-state index contributed by atoms with van der Waals surface area (Å²) >= 11 is 1.31. The number of aryl methyl sites for hydroxylation is 2. The Hall–Kier alpha value is -2.56. The van der Waals surface area contributed by atoms with Gasteiger partial charge in [-0.05, 0) is 43.2 Å². The van der Waals surface area contributed by atoms with E-state index in [1.165, 1.54) is 23.9 Å². The molecule has 0 fully saturated rings. The minimum atomic E-state index is -3.97. The molecule has 2 atom stereocenters. The Kier molecular flexibility index (Phi) is 5.68. The van der Waals surface area contributed by atoms with E-state index >= 15 is 0 Å². The average molecular weight is 399 g/mol. The molecule has 0 saturated carbocycles. The second kappa shape index (κ2) is 7.99. The van der Waals surface area contributed by atoms with Crippen LogP contribution in [0.5, 0.6) is 0 Å². The van der Waals surface area contributed by atoms with Gasteiger partial charge in [0.2, 0.25) is 0 Å². The predicted molar refractivity (Wildman–Crippen MR) is 107 cm³/mol. The fourth-order valence-corrected chi connectivity index (χ4v) is 4.51. The Morgan fingerprint density at radius 2 is 1.85 bits per heavy atom. The number of oxime groups is 1. The van der Waals surface area contributed by atoms with Crippen LogP contribution in [-0.4, -0.2) is 18.7 Å². The van der Waals surface area contributed by atoms with Crippen LogP contribution >= 0.6 is 11.8 Å². The number of benzene rings is 2. The van der Waals surface area contributed by atoms with E-state index in [0.717, 1.165) is 16.7 Å². The molecule has 27 heavy (non-hydrogen) atoms. The number of thioether (sulfide) groups is 1. The van der Waals surface area contributed by atoms with Crippen LogP contribution in [0, 0.1) is 25.2 Å². The van der Waals surface area contributed by atoms with E-state index in [-0.39, 0.29) is 16.1 Å². The van der Waals surface area contributed by atoms with E-state index in [9.17, 15) is 13.7 Å². The standard InChI is InChI=1S/C20H18N2O3S2/c1-14-7-9-16(10-8-14)27(23,24)25-22-20-12-11-19(26-20)18(13-21)17-6-4-3-5-15(17)2/h3-12,18-19H,1-2H3/b22-20+. The third-order valence-corrected chi connectivity index (χ3v) is 6.49. The van der Waals surface area contributed by atoms with Crippen molar-refractivity contribution in [1.82, 2.24) is 0 Å². The molecule has 1 heterocycles. The summed E-state index contributed by atoms with van der Waals surface area (Å²) < 4.78 is 29.3. The topological polar surface area (TPSA) is 79.5 Å². The Morgan fingerprint density at radius 3 is 2.52 bits per heavy atom. The first-order valence-corrected chi connectivity index (χ1v) is 10.6. The highest BCUT2D eigenvalue weighted by Gasteiger charge is 2.28. The highest BCUT2D eigenvalue weighted by Crippen LogP contribution is 2.36. The maximum Gasteiger partial charge on any atom is 0.358 e. The molecule has 0 aliphatic carbocycles. The molecule has 0 spiro atoms. The van der Waals surface area contributed by atoms with E-state index in [1.54, 1.807) is 18.2 Å². The first-order valence-electron chi connectivity index (χ1n) is 8.29. The molecule has 0 saturated heterocycles. The van der Waals surface area contributed by atoms with Crippen molar-refractivity contribution in [2.75, 3.05) is 0 Å². The Balaban J connectivity index is 1.72. The summed E-state index contributed by atoms with van der Waals surface area (Å²) in [5.41, 5.74) is 2.95. The fourth-order valence-electron chi connectivity index (χ4n) is 2.72. The van der Waals surface area contributed by atoms with Crippen LogP contribution in [0.25, 0.3) is 0 Å². The molecule has 7 heteroatoms. The largest absolute Gasteiger partial charge is 0.358 e. The lowest BCUT2D eigenvalue weighted by Crippen LogP contribution is -2.11. The van der Waals surface area contributed by atoms with Gasteiger partial charge in [0, 0.05) is 5.25 Å². The lowest BCUT2D eigenvalue weighted by atomic mass is 9.93. The Bertz CT molecular complexity index is 1040. The van der Waals surface area contributed by atoms with Gasteiger partial charge in [-0.25, -0.2) is 0 Å². The van der Waals surface area contributed by atoms with Crippen LogP contribution in [0.2, 0.25) is 0 Å². The van der Waals surface area contributed by atoms with Crippen molar-refractivity contribution in [2.24, 2.45) is 5.16 Å². The molecule has 0 N–H and O–H groups in total. The van der Waals surface area contributed by atoms with Crippen molar-refractivity contribution in [1.29, 1.82) is 5.26 Å². The molecule has 0 bridgehead atoms. The monoisotopic (exact) mass is 398 g/mol. The van der Waals surface area contributed by atoms with Gasteiger partial charge in [-0.15, -0.1) is 0 Å². The van der Waals surface area contributed by atoms with Crippen LogP contribution in [0.1, 0.15) is 22.6 Å². The number of hydrogen-bond acceptors (Lipinski definition) is 6. The first kappa shape index (κ1) is 19.2. The van der Waals surface area contributed by atoms with Crippen molar-refractivity contribution < 1.29 is 12.7 Å². The quantitative estimate of drug-likeness (QED) is 0.702. The van der Waals surface area contributed by atoms with Gasteiger partial charge in [-0.1, -0.05) is 65.0 Å². The summed E-state index contributed by atoms with van der Waals surface area (Å²) in [6.45, 7) is 3.84. The minimum absolute atomic E-state index is 0.0517. The highest BCUT2D eigenvalue weighted by molar-refractivity contribution is 8.15. The lowest BCUT2D eigenvalue weighted by molar-refractivity contribution is 0.340. The van der Waals surface area contributed by atoms with E-state index in [2.05, 4.69) is 11.2 Å². The summed E-state index contributed by atoms with van der Waals surface area (Å²) in [5, 5.41) is 13.7. The number of nitrogens with zero attached hydrogens (tertiary/aromatic N) is 2. The average Bonchev–Trinajstić information content (AvgIpc) is 3.11. The van der Waals surface area contributed by atoms with Crippen LogP contribution in [0.4, 0.5) is 0 Å². The molecule has 2 unspecified atom stereocenters. The van der Waals surface area contributed by atoms with Crippen molar-refractivity contribution >= 4 is 26.9 Å². The van der Waals surface area contributed by atoms with Gasteiger partial charge in [-0.2, -0.15) is 13.7 Å². The van der Waals surface area contributed by atoms with Crippen molar-refractivity contribution in [2.45, 2.75) is 29.9 Å². The second-order valence-electron chi connectivity index (χ2n) is 6.18. The zero-order valence-corrected chi connectivity index (χ0v) is 16.5. The van der Waals surface area contributed by atoms with Crippen LogP contribution < -0.4 is 0 Å². The lowest BCUT2D eigenvalue weighted by Gasteiger charge is -2.16. The highest BCUT2D eigenvalue weighted by atomic mass is 32.2. The normalized spacial score (nSPS) is 19.0. The van der Waals surface area contributed by atoms with Crippen molar-refractivity contribution in [3.63, 3.8) is 0 Å². The molecule has 138 valence electrons. The van der Waals surface area contributed by atoms with Crippen LogP contribution in [0.15, 0.2) is 70.7 Å². The molecule has 0 radical (unpaired) electrons.